The van der Waals surface area contributed by atoms with Crippen molar-refractivity contribution in [1.82, 2.24) is 15.5 Å². The lowest BCUT2D eigenvalue weighted by Crippen LogP contribution is -2.27. The standard InChI is InChI=1S/C18H13F4N3O2/c19-15-12(7-4-8-13(15)18(20,21)22)16(26)23-10-9-14-24-25-17(27-14)11-5-2-1-3-6-11/h1-8H,9-10H2,(H,23,26). The molecule has 0 aliphatic carbocycles. The lowest BCUT2D eigenvalue weighted by molar-refractivity contribution is -0.140. The molecule has 140 valence electrons. The van der Waals surface area contributed by atoms with Gasteiger partial charge in [-0.3, -0.25) is 4.79 Å². The number of carbonyl (C=O) groups is 1. The predicted molar refractivity (Wildman–Crippen MR) is 87.2 cm³/mol. The van der Waals surface area contributed by atoms with Crippen molar-refractivity contribution in [2.75, 3.05) is 6.54 Å². The van der Waals surface area contributed by atoms with Crippen LogP contribution >= 0.6 is 0 Å². The molecule has 3 rings (SSSR count). The van der Waals surface area contributed by atoms with Gasteiger partial charge in [-0.1, -0.05) is 24.3 Å². The third kappa shape index (κ3) is 4.30. The minimum Gasteiger partial charge on any atom is -0.421 e. The molecule has 3 aromatic rings. The van der Waals surface area contributed by atoms with Gasteiger partial charge in [-0.2, -0.15) is 13.2 Å². The zero-order valence-electron chi connectivity index (χ0n) is 13.8. The Bertz CT molecular complexity index is 939. The molecule has 0 saturated carbocycles. The number of carbonyl (C=O) groups excluding carboxylic acids is 1. The summed E-state index contributed by atoms with van der Waals surface area (Å²) >= 11 is 0. The molecule has 0 aliphatic heterocycles. The van der Waals surface area contributed by atoms with E-state index in [-0.39, 0.29) is 18.9 Å². The first kappa shape index (κ1) is 18.6. The Morgan fingerprint density at radius 2 is 1.78 bits per heavy atom. The summed E-state index contributed by atoms with van der Waals surface area (Å²) in [6, 6.07) is 11.6. The predicted octanol–water partition coefficient (Wildman–Crippen LogP) is 3.87. The highest BCUT2D eigenvalue weighted by Gasteiger charge is 2.35. The van der Waals surface area contributed by atoms with Crippen molar-refractivity contribution in [2.24, 2.45) is 0 Å². The lowest BCUT2D eigenvalue weighted by atomic mass is 10.1. The fourth-order valence-corrected chi connectivity index (χ4v) is 2.36. The molecule has 1 amide bonds. The number of nitrogens with one attached hydrogen (secondary N) is 1. The minimum absolute atomic E-state index is 0.00899. The molecule has 0 radical (unpaired) electrons. The van der Waals surface area contributed by atoms with Gasteiger partial charge in [0.15, 0.2) is 0 Å². The number of amides is 1. The van der Waals surface area contributed by atoms with E-state index < -0.39 is 29.0 Å². The number of rotatable bonds is 5. The van der Waals surface area contributed by atoms with Gasteiger partial charge < -0.3 is 9.73 Å². The van der Waals surface area contributed by atoms with Crippen LogP contribution < -0.4 is 5.32 Å². The zero-order valence-corrected chi connectivity index (χ0v) is 13.8. The van der Waals surface area contributed by atoms with Crippen molar-refractivity contribution in [1.29, 1.82) is 0 Å². The van der Waals surface area contributed by atoms with E-state index in [1.165, 1.54) is 0 Å². The summed E-state index contributed by atoms with van der Waals surface area (Å²) in [5.41, 5.74) is -1.44. The van der Waals surface area contributed by atoms with Crippen LogP contribution in [0, 0.1) is 5.82 Å². The number of benzene rings is 2. The third-order valence-corrected chi connectivity index (χ3v) is 3.66. The van der Waals surface area contributed by atoms with Crippen molar-refractivity contribution >= 4 is 5.91 Å². The Morgan fingerprint density at radius 3 is 2.48 bits per heavy atom. The second kappa shape index (κ2) is 7.56. The molecule has 27 heavy (non-hydrogen) atoms. The molecule has 0 unspecified atom stereocenters. The van der Waals surface area contributed by atoms with Crippen LogP contribution in [0.3, 0.4) is 0 Å². The van der Waals surface area contributed by atoms with Crippen LogP contribution in [0.1, 0.15) is 21.8 Å². The first-order chi connectivity index (χ1) is 12.9. The van der Waals surface area contributed by atoms with Crippen molar-refractivity contribution < 1.29 is 26.8 Å². The number of aromatic nitrogens is 2. The summed E-state index contributed by atoms with van der Waals surface area (Å²) in [5, 5.41) is 10.1. The number of hydrogen-bond donors (Lipinski definition) is 1. The second-order valence-electron chi connectivity index (χ2n) is 5.54. The Labute approximate surface area is 151 Å². The van der Waals surface area contributed by atoms with Crippen molar-refractivity contribution in [3.8, 4) is 11.5 Å². The normalized spacial score (nSPS) is 11.4. The molecular weight excluding hydrogens is 366 g/mol. The third-order valence-electron chi connectivity index (χ3n) is 3.66. The number of hydrogen-bond acceptors (Lipinski definition) is 4. The van der Waals surface area contributed by atoms with Crippen LogP contribution in [0.15, 0.2) is 52.9 Å². The first-order valence-corrected chi connectivity index (χ1v) is 7.88. The van der Waals surface area contributed by atoms with Crippen LogP contribution in [0.4, 0.5) is 17.6 Å². The van der Waals surface area contributed by atoms with Crippen LogP contribution in [0.25, 0.3) is 11.5 Å². The van der Waals surface area contributed by atoms with Gasteiger partial charge in [0.05, 0.1) is 11.1 Å². The van der Waals surface area contributed by atoms with E-state index >= 15 is 0 Å². The second-order valence-corrected chi connectivity index (χ2v) is 5.54. The van der Waals surface area contributed by atoms with Gasteiger partial charge >= 0.3 is 6.18 Å². The van der Waals surface area contributed by atoms with E-state index in [1.54, 1.807) is 12.1 Å². The molecular formula is C18H13F4N3O2. The summed E-state index contributed by atoms with van der Waals surface area (Å²) in [6.45, 7) is -0.00899. The molecule has 9 heteroatoms. The number of alkyl halides is 3. The van der Waals surface area contributed by atoms with Gasteiger partial charge in [0.1, 0.15) is 5.82 Å². The maximum absolute atomic E-state index is 13.9. The molecule has 0 spiro atoms. The maximum atomic E-state index is 13.9. The number of nitrogens with zero attached hydrogens (tertiary/aromatic N) is 2. The Morgan fingerprint density at radius 1 is 1.04 bits per heavy atom. The maximum Gasteiger partial charge on any atom is 0.419 e. The van der Waals surface area contributed by atoms with Crippen LogP contribution in [-0.2, 0) is 12.6 Å². The van der Waals surface area contributed by atoms with E-state index in [4.69, 9.17) is 4.42 Å². The van der Waals surface area contributed by atoms with Crippen molar-refractivity contribution in [2.45, 2.75) is 12.6 Å². The monoisotopic (exact) mass is 379 g/mol. The summed E-state index contributed by atoms with van der Waals surface area (Å²) in [4.78, 5) is 12.0. The van der Waals surface area contributed by atoms with Crippen LogP contribution in [0.2, 0.25) is 0 Å². The van der Waals surface area contributed by atoms with Crippen LogP contribution in [0.5, 0.6) is 0 Å². The minimum atomic E-state index is -4.88. The average Bonchev–Trinajstić information content (AvgIpc) is 3.10. The van der Waals surface area contributed by atoms with E-state index in [1.807, 2.05) is 18.2 Å². The molecule has 0 bridgehead atoms. The van der Waals surface area contributed by atoms with Gasteiger partial charge in [-0.05, 0) is 24.3 Å². The van der Waals surface area contributed by atoms with Crippen molar-refractivity contribution in [3.63, 3.8) is 0 Å². The fourth-order valence-electron chi connectivity index (χ4n) is 2.36. The highest BCUT2D eigenvalue weighted by atomic mass is 19.4. The van der Waals surface area contributed by atoms with E-state index in [0.717, 1.165) is 17.7 Å². The average molecular weight is 379 g/mol. The molecule has 1 N–H and O–H groups in total. The van der Waals surface area contributed by atoms with Gasteiger partial charge in [-0.15, -0.1) is 10.2 Å². The smallest absolute Gasteiger partial charge is 0.419 e. The lowest BCUT2D eigenvalue weighted by Gasteiger charge is -2.11. The molecule has 0 saturated heterocycles. The first-order valence-electron chi connectivity index (χ1n) is 7.88. The van der Waals surface area contributed by atoms with E-state index in [2.05, 4.69) is 15.5 Å². The molecule has 2 aromatic carbocycles. The van der Waals surface area contributed by atoms with Crippen LogP contribution in [-0.4, -0.2) is 22.6 Å². The molecule has 0 fully saturated rings. The SMILES string of the molecule is O=C(NCCc1nnc(-c2ccccc2)o1)c1cccc(C(F)(F)F)c1F. The fraction of sp³-hybridized carbons (Fsp3) is 0.167. The molecule has 1 aromatic heterocycles. The van der Waals surface area contributed by atoms with Gasteiger partial charge in [-0.25, -0.2) is 4.39 Å². The Kier molecular flexibility index (Phi) is 5.20. The molecule has 0 aliphatic rings. The summed E-state index contributed by atoms with van der Waals surface area (Å²) in [7, 11) is 0. The largest absolute Gasteiger partial charge is 0.421 e. The van der Waals surface area contributed by atoms with Gasteiger partial charge in [0.25, 0.3) is 5.91 Å². The van der Waals surface area contributed by atoms with E-state index in [0.29, 0.717) is 12.0 Å². The van der Waals surface area contributed by atoms with Gasteiger partial charge in [0, 0.05) is 18.5 Å². The van der Waals surface area contributed by atoms with Crippen molar-refractivity contribution in [3.05, 3.63) is 71.4 Å². The quantitative estimate of drug-likeness (QED) is 0.684. The molecule has 5 nitrogen and oxygen atoms in total. The highest BCUT2D eigenvalue weighted by Crippen LogP contribution is 2.32. The Balaban J connectivity index is 1.62. The summed E-state index contributed by atoms with van der Waals surface area (Å²) in [5.74, 6) is -2.02. The molecule has 0 atom stereocenters. The summed E-state index contributed by atoms with van der Waals surface area (Å²) in [6.07, 6.45) is -4.73. The Hall–Kier alpha value is -3.23. The van der Waals surface area contributed by atoms with Gasteiger partial charge in [0.2, 0.25) is 11.8 Å². The molecule has 1 heterocycles. The number of halogens is 4. The highest BCUT2D eigenvalue weighted by molar-refractivity contribution is 5.94. The summed E-state index contributed by atoms with van der Waals surface area (Å²) < 4.78 is 57.5. The topological polar surface area (TPSA) is 68.0 Å². The zero-order chi connectivity index (χ0) is 19.4. The van der Waals surface area contributed by atoms with E-state index in [9.17, 15) is 22.4 Å².